The number of carbonyl (C=O) groups is 1. The summed E-state index contributed by atoms with van der Waals surface area (Å²) < 4.78 is 17.9. The van der Waals surface area contributed by atoms with Gasteiger partial charge in [-0.05, 0) is 31.2 Å². The first-order valence-corrected chi connectivity index (χ1v) is 8.23. The van der Waals surface area contributed by atoms with E-state index in [2.05, 4.69) is 0 Å². The topological polar surface area (TPSA) is 76.1 Å². The Morgan fingerprint density at radius 1 is 1.45 bits per heavy atom. The molecular formula is C15H13FN2O2S2. The molecule has 4 nitrogen and oxygen atoms in total. The van der Waals surface area contributed by atoms with Crippen molar-refractivity contribution in [3.8, 4) is 6.07 Å². The van der Waals surface area contributed by atoms with Crippen LogP contribution in [0.15, 0.2) is 29.2 Å². The fourth-order valence-corrected chi connectivity index (χ4v) is 3.74. The number of ether oxygens (including phenoxy) is 1. The minimum atomic E-state index is -0.476. The zero-order chi connectivity index (χ0) is 16.1. The molecule has 0 aliphatic carbocycles. The van der Waals surface area contributed by atoms with Gasteiger partial charge in [0.15, 0.2) is 0 Å². The van der Waals surface area contributed by atoms with Gasteiger partial charge in [-0.15, -0.1) is 23.1 Å². The highest BCUT2D eigenvalue weighted by Gasteiger charge is 2.22. The van der Waals surface area contributed by atoms with Crippen molar-refractivity contribution in [2.75, 3.05) is 12.3 Å². The SMILES string of the molecule is CCOC(=O)c1sc(N)c(C#N)c1CSc1ccc(F)cc1. The highest BCUT2D eigenvalue weighted by atomic mass is 32.2. The Kier molecular flexibility index (Phi) is 5.41. The first-order chi connectivity index (χ1) is 10.6. The number of nitrogens with two attached hydrogens (primary N) is 1. The summed E-state index contributed by atoms with van der Waals surface area (Å²) in [5, 5.41) is 9.53. The summed E-state index contributed by atoms with van der Waals surface area (Å²) in [5.41, 5.74) is 6.68. The number of thioether (sulfide) groups is 1. The number of benzene rings is 1. The smallest absolute Gasteiger partial charge is 0.348 e. The molecule has 0 fully saturated rings. The van der Waals surface area contributed by atoms with Gasteiger partial charge in [0, 0.05) is 16.2 Å². The van der Waals surface area contributed by atoms with Crippen molar-refractivity contribution in [1.29, 1.82) is 5.26 Å². The van der Waals surface area contributed by atoms with Gasteiger partial charge >= 0.3 is 5.97 Å². The lowest BCUT2D eigenvalue weighted by molar-refractivity contribution is 0.0531. The molecular weight excluding hydrogens is 323 g/mol. The molecule has 2 N–H and O–H groups in total. The molecule has 0 atom stereocenters. The van der Waals surface area contributed by atoms with Crippen LogP contribution in [-0.2, 0) is 10.5 Å². The molecule has 0 saturated carbocycles. The van der Waals surface area contributed by atoms with Crippen LogP contribution in [0, 0.1) is 17.1 Å². The number of anilines is 1. The predicted molar refractivity (Wildman–Crippen MR) is 85.4 cm³/mol. The molecule has 0 bridgehead atoms. The number of thiophene rings is 1. The van der Waals surface area contributed by atoms with Gasteiger partial charge in [-0.25, -0.2) is 9.18 Å². The number of halogens is 1. The monoisotopic (exact) mass is 336 g/mol. The van der Waals surface area contributed by atoms with Gasteiger partial charge < -0.3 is 10.5 Å². The van der Waals surface area contributed by atoms with Crippen molar-refractivity contribution < 1.29 is 13.9 Å². The Hall–Kier alpha value is -2.04. The molecule has 22 heavy (non-hydrogen) atoms. The van der Waals surface area contributed by atoms with Crippen LogP contribution in [0.2, 0.25) is 0 Å². The van der Waals surface area contributed by atoms with Crippen LogP contribution >= 0.6 is 23.1 Å². The number of carbonyl (C=O) groups excluding carboxylic acids is 1. The van der Waals surface area contributed by atoms with E-state index >= 15 is 0 Å². The highest BCUT2D eigenvalue weighted by molar-refractivity contribution is 7.98. The lowest BCUT2D eigenvalue weighted by Crippen LogP contribution is -2.05. The third-order valence-corrected chi connectivity index (χ3v) is 4.88. The van der Waals surface area contributed by atoms with Gasteiger partial charge in [0.25, 0.3) is 0 Å². The number of nitriles is 1. The quantitative estimate of drug-likeness (QED) is 0.664. The molecule has 0 radical (unpaired) electrons. The second kappa shape index (κ2) is 7.29. The summed E-state index contributed by atoms with van der Waals surface area (Å²) in [7, 11) is 0. The molecule has 0 saturated heterocycles. The Labute approximate surface area is 135 Å². The minimum Gasteiger partial charge on any atom is -0.462 e. The van der Waals surface area contributed by atoms with Crippen molar-refractivity contribution >= 4 is 34.1 Å². The van der Waals surface area contributed by atoms with E-state index < -0.39 is 5.97 Å². The highest BCUT2D eigenvalue weighted by Crippen LogP contribution is 2.35. The molecule has 0 unspecified atom stereocenters. The van der Waals surface area contributed by atoms with E-state index in [0.29, 0.717) is 26.8 Å². The maximum atomic E-state index is 12.9. The first-order valence-electron chi connectivity index (χ1n) is 6.43. The van der Waals surface area contributed by atoms with Gasteiger partial charge in [-0.2, -0.15) is 5.26 Å². The Bertz CT molecular complexity index is 720. The van der Waals surface area contributed by atoms with E-state index in [1.54, 1.807) is 19.1 Å². The van der Waals surface area contributed by atoms with Gasteiger partial charge in [0.1, 0.15) is 21.8 Å². The molecule has 0 amide bonds. The molecule has 0 spiro atoms. The van der Waals surface area contributed by atoms with Crippen molar-refractivity contribution in [1.82, 2.24) is 0 Å². The van der Waals surface area contributed by atoms with Crippen LogP contribution < -0.4 is 5.73 Å². The summed E-state index contributed by atoms with van der Waals surface area (Å²) in [6.45, 7) is 1.97. The van der Waals surface area contributed by atoms with Crippen molar-refractivity contribution in [2.24, 2.45) is 0 Å². The van der Waals surface area contributed by atoms with Gasteiger partial charge in [0.05, 0.1) is 12.2 Å². The average Bonchev–Trinajstić information content (AvgIpc) is 2.83. The molecule has 7 heteroatoms. The number of esters is 1. The molecule has 1 aromatic carbocycles. The van der Waals surface area contributed by atoms with E-state index in [1.807, 2.05) is 6.07 Å². The number of nitrogen functional groups attached to an aromatic ring is 1. The standard InChI is InChI=1S/C15H13FN2O2S2/c1-2-20-15(19)13-12(11(7-17)14(18)22-13)8-21-10-5-3-9(16)4-6-10/h3-6H,2,8,18H2,1H3. The lowest BCUT2D eigenvalue weighted by atomic mass is 10.2. The molecule has 114 valence electrons. The van der Waals surface area contributed by atoms with Crippen LogP contribution in [0.5, 0.6) is 0 Å². The summed E-state index contributed by atoms with van der Waals surface area (Å²) in [6, 6.07) is 8.05. The Morgan fingerprint density at radius 3 is 2.73 bits per heavy atom. The van der Waals surface area contributed by atoms with Crippen LogP contribution in [0.1, 0.15) is 27.7 Å². The normalized spacial score (nSPS) is 10.2. The van der Waals surface area contributed by atoms with Crippen LogP contribution in [0.25, 0.3) is 0 Å². The summed E-state index contributed by atoms with van der Waals surface area (Å²) in [4.78, 5) is 13.2. The third kappa shape index (κ3) is 3.59. The average molecular weight is 336 g/mol. The lowest BCUT2D eigenvalue weighted by Gasteiger charge is -2.05. The fourth-order valence-electron chi connectivity index (χ4n) is 1.79. The summed E-state index contributed by atoms with van der Waals surface area (Å²) in [6.07, 6.45) is 0. The van der Waals surface area contributed by atoms with Crippen molar-refractivity contribution in [3.05, 3.63) is 46.1 Å². The predicted octanol–water partition coefficient (Wildman–Crippen LogP) is 3.81. The van der Waals surface area contributed by atoms with Gasteiger partial charge in [-0.1, -0.05) is 0 Å². The Balaban J connectivity index is 2.26. The number of hydrogen-bond donors (Lipinski definition) is 1. The molecule has 2 aromatic rings. The molecule has 0 aliphatic rings. The molecule has 0 aliphatic heterocycles. The maximum Gasteiger partial charge on any atom is 0.348 e. The Morgan fingerprint density at radius 2 is 2.14 bits per heavy atom. The zero-order valence-electron chi connectivity index (χ0n) is 11.8. The van der Waals surface area contributed by atoms with E-state index in [0.717, 1.165) is 16.2 Å². The second-order valence-corrected chi connectivity index (χ2v) is 6.32. The van der Waals surface area contributed by atoms with Gasteiger partial charge in [0.2, 0.25) is 0 Å². The number of nitrogens with zero attached hydrogens (tertiary/aromatic N) is 1. The zero-order valence-corrected chi connectivity index (χ0v) is 13.4. The van der Waals surface area contributed by atoms with E-state index in [9.17, 15) is 14.4 Å². The third-order valence-electron chi connectivity index (χ3n) is 2.80. The molecule has 1 aromatic heterocycles. The first kappa shape index (κ1) is 16.3. The molecule has 2 rings (SSSR count). The minimum absolute atomic E-state index is 0.253. The van der Waals surface area contributed by atoms with Crippen molar-refractivity contribution in [2.45, 2.75) is 17.6 Å². The van der Waals surface area contributed by atoms with E-state index in [1.165, 1.54) is 23.9 Å². The second-order valence-electron chi connectivity index (χ2n) is 4.22. The van der Waals surface area contributed by atoms with Crippen molar-refractivity contribution in [3.63, 3.8) is 0 Å². The van der Waals surface area contributed by atoms with Crippen LogP contribution in [-0.4, -0.2) is 12.6 Å². The summed E-state index contributed by atoms with van der Waals surface area (Å²) in [5.74, 6) is -0.402. The number of hydrogen-bond acceptors (Lipinski definition) is 6. The maximum absolute atomic E-state index is 12.9. The number of rotatable bonds is 5. The van der Waals surface area contributed by atoms with Crippen LogP contribution in [0.3, 0.4) is 0 Å². The fraction of sp³-hybridized carbons (Fsp3) is 0.200. The van der Waals surface area contributed by atoms with Crippen LogP contribution in [0.4, 0.5) is 9.39 Å². The largest absolute Gasteiger partial charge is 0.462 e. The van der Waals surface area contributed by atoms with E-state index in [4.69, 9.17) is 10.5 Å². The summed E-state index contributed by atoms with van der Waals surface area (Å²) >= 11 is 2.46. The van der Waals surface area contributed by atoms with Gasteiger partial charge in [-0.3, -0.25) is 0 Å². The van der Waals surface area contributed by atoms with E-state index in [-0.39, 0.29) is 12.4 Å². The molecule has 1 heterocycles.